The van der Waals surface area contributed by atoms with Crippen LogP contribution in [0.5, 0.6) is 0 Å². The second-order valence-electron chi connectivity index (χ2n) is 7.07. The van der Waals surface area contributed by atoms with Gasteiger partial charge in [-0.15, -0.1) is 0 Å². The molecule has 1 amide bonds. The van der Waals surface area contributed by atoms with E-state index >= 15 is 0 Å². The van der Waals surface area contributed by atoms with E-state index in [1.54, 1.807) is 7.05 Å². The van der Waals surface area contributed by atoms with E-state index in [0.717, 1.165) is 41.7 Å². The van der Waals surface area contributed by atoms with Crippen LogP contribution in [-0.4, -0.2) is 44.6 Å². The van der Waals surface area contributed by atoms with Crippen molar-refractivity contribution >= 4 is 29.2 Å². The smallest absolute Gasteiger partial charge is 0.222 e. The average Bonchev–Trinajstić information content (AvgIpc) is 3.21. The van der Waals surface area contributed by atoms with Crippen molar-refractivity contribution in [2.75, 3.05) is 31.6 Å². The SMILES string of the molecule is CN=C(NCCC(=O)NCc1ccccc1)NC1CCN(c2cccc(Cl)c2)C1. The molecule has 1 fully saturated rings. The van der Waals surface area contributed by atoms with Crippen LogP contribution in [-0.2, 0) is 11.3 Å². The van der Waals surface area contributed by atoms with Gasteiger partial charge in [-0.2, -0.15) is 0 Å². The molecule has 0 bridgehead atoms. The van der Waals surface area contributed by atoms with E-state index in [-0.39, 0.29) is 5.91 Å². The summed E-state index contributed by atoms with van der Waals surface area (Å²) in [4.78, 5) is 18.6. The molecule has 1 aliphatic rings. The molecular formula is C22H28ClN5O. The highest BCUT2D eigenvalue weighted by Crippen LogP contribution is 2.23. The molecule has 6 nitrogen and oxygen atoms in total. The molecule has 1 saturated heterocycles. The van der Waals surface area contributed by atoms with Crippen molar-refractivity contribution in [3.8, 4) is 0 Å². The number of aliphatic imine (C=N–C) groups is 1. The number of nitrogens with one attached hydrogen (secondary N) is 3. The van der Waals surface area contributed by atoms with E-state index in [9.17, 15) is 4.79 Å². The summed E-state index contributed by atoms with van der Waals surface area (Å²) in [6, 6.07) is 18.1. The molecule has 3 rings (SSSR count). The molecule has 1 heterocycles. The fraction of sp³-hybridized carbons (Fsp3) is 0.364. The van der Waals surface area contributed by atoms with Crippen molar-refractivity contribution in [1.29, 1.82) is 0 Å². The first kappa shape index (κ1) is 21.0. The molecule has 1 atom stereocenters. The number of nitrogens with zero attached hydrogens (tertiary/aromatic N) is 2. The zero-order valence-corrected chi connectivity index (χ0v) is 17.5. The van der Waals surface area contributed by atoms with Gasteiger partial charge in [0.2, 0.25) is 5.91 Å². The van der Waals surface area contributed by atoms with Crippen LogP contribution in [0.4, 0.5) is 5.69 Å². The highest BCUT2D eigenvalue weighted by atomic mass is 35.5. The molecule has 7 heteroatoms. The number of carbonyl (C=O) groups excluding carboxylic acids is 1. The van der Waals surface area contributed by atoms with Crippen molar-refractivity contribution in [3.05, 3.63) is 65.2 Å². The number of hydrogen-bond acceptors (Lipinski definition) is 3. The first-order chi connectivity index (χ1) is 14.1. The van der Waals surface area contributed by atoms with Gasteiger partial charge in [0.15, 0.2) is 5.96 Å². The van der Waals surface area contributed by atoms with Gasteiger partial charge in [0, 0.05) is 56.4 Å². The highest BCUT2D eigenvalue weighted by Gasteiger charge is 2.23. The Bertz CT molecular complexity index is 827. The van der Waals surface area contributed by atoms with E-state index < -0.39 is 0 Å². The molecular weight excluding hydrogens is 386 g/mol. The second-order valence-corrected chi connectivity index (χ2v) is 7.50. The van der Waals surface area contributed by atoms with E-state index in [1.165, 1.54) is 0 Å². The standard InChI is InChI=1S/C22H28ClN5O/c1-24-22(25-12-10-21(29)26-15-17-6-3-2-4-7-17)27-19-11-13-28(16-19)20-9-5-8-18(23)14-20/h2-9,14,19H,10-13,15-16H2,1H3,(H,26,29)(H2,24,25,27). The van der Waals surface area contributed by atoms with Gasteiger partial charge in [0.05, 0.1) is 0 Å². The minimum atomic E-state index is 0.0183. The summed E-state index contributed by atoms with van der Waals surface area (Å²) < 4.78 is 0. The van der Waals surface area contributed by atoms with Crippen LogP contribution in [0, 0.1) is 0 Å². The highest BCUT2D eigenvalue weighted by molar-refractivity contribution is 6.30. The molecule has 0 spiro atoms. The number of hydrogen-bond donors (Lipinski definition) is 3. The van der Waals surface area contributed by atoms with Crippen LogP contribution in [0.15, 0.2) is 59.6 Å². The molecule has 154 valence electrons. The monoisotopic (exact) mass is 413 g/mol. The largest absolute Gasteiger partial charge is 0.369 e. The predicted molar refractivity (Wildman–Crippen MR) is 119 cm³/mol. The molecule has 3 N–H and O–H groups in total. The molecule has 2 aromatic carbocycles. The summed E-state index contributed by atoms with van der Waals surface area (Å²) in [7, 11) is 1.74. The lowest BCUT2D eigenvalue weighted by atomic mass is 10.2. The molecule has 2 aromatic rings. The van der Waals surface area contributed by atoms with Crippen molar-refractivity contribution in [1.82, 2.24) is 16.0 Å². The number of halogens is 1. The molecule has 1 aliphatic heterocycles. The van der Waals surface area contributed by atoms with Gasteiger partial charge in [-0.3, -0.25) is 9.79 Å². The Kier molecular flexibility index (Phi) is 7.76. The maximum absolute atomic E-state index is 12.0. The summed E-state index contributed by atoms with van der Waals surface area (Å²) in [6.45, 7) is 2.94. The van der Waals surface area contributed by atoms with Gasteiger partial charge in [-0.1, -0.05) is 48.0 Å². The Morgan fingerprint density at radius 1 is 1.17 bits per heavy atom. The van der Waals surface area contributed by atoms with E-state index in [4.69, 9.17) is 11.6 Å². The average molecular weight is 414 g/mol. The Labute approximate surface area is 177 Å². The summed E-state index contributed by atoms with van der Waals surface area (Å²) in [5.74, 6) is 0.739. The van der Waals surface area contributed by atoms with Gasteiger partial charge in [0.25, 0.3) is 0 Å². The fourth-order valence-electron chi connectivity index (χ4n) is 3.35. The van der Waals surface area contributed by atoms with Crippen LogP contribution < -0.4 is 20.9 Å². The lowest BCUT2D eigenvalue weighted by Crippen LogP contribution is -2.45. The van der Waals surface area contributed by atoms with Crippen LogP contribution in [0.1, 0.15) is 18.4 Å². The summed E-state index contributed by atoms with van der Waals surface area (Å²) >= 11 is 6.10. The molecule has 29 heavy (non-hydrogen) atoms. The number of anilines is 1. The summed E-state index contributed by atoms with van der Waals surface area (Å²) in [5.41, 5.74) is 2.23. The fourth-order valence-corrected chi connectivity index (χ4v) is 3.54. The molecule has 0 saturated carbocycles. The number of benzene rings is 2. The van der Waals surface area contributed by atoms with Crippen molar-refractivity contribution in [3.63, 3.8) is 0 Å². The molecule has 0 aliphatic carbocycles. The Morgan fingerprint density at radius 2 is 2.00 bits per heavy atom. The lowest BCUT2D eigenvalue weighted by molar-refractivity contribution is -0.121. The van der Waals surface area contributed by atoms with E-state index in [0.29, 0.717) is 25.6 Å². The minimum absolute atomic E-state index is 0.0183. The van der Waals surface area contributed by atoms with Gasteiger partial charge in [-0.25, -0.2) is 0 Å². The zero-order valence-electron chi connectivity index (χ0n) is 16.7. The third-order valence-corrected chi connectivity index (χ3v) is 5.14. The number of guanidine groups is 1. The van der Waals surface area contributed by atoms with Crippen molar-refractivity contribution in [2.45, 2.75) is 25.4 Å². The topological polar surface area (TPSA) is 68.8 Å². The first-order valence-electron chi connectivity index (χ1n) is 9.92. The number of amides is 1. The van der Waals surface area contributed by atoms with Gasteiger partial charge in [0.1, 0.15) is 0 Å². The maximum atomic E-state index is 12.0. The Hall–Kier alpha value is -2.73. The first-order valence-corrected chi connectivity index (χ1v) is 10.3. The quantitative estimate of drug-likeness (QED) is 0.482. The third-order valence-electron chi connectivity index (χ3n) is 4.90. The van der Waals surface area contributed by atoms with Gasteiger partial charge >= 0.3 is 0 Å². The van der Waals surface area contributed by atoms with Crippen molar-refractivity contribution < 1.29 is 4.79 Å². The van der Waals surface area contributed by atoms with Crippen molar-refractivity contribution in [2.24, 2.45) is 4.99 Å². The Balaban J connectivity index is 1.37. The predicted octanol–water partition coefficient (Wildman–Crippen LogP) is 2.79. The molecule has 0 aromatic heterocycles. The van der Waals surface area contributed by atoms with Gasteiger partial charge in [-0.05, 0) is 30.2 Å². The van der Waals surface area contributed by atoms with Crippen LogP contribution in [0.25, 0.3) is 0 Å². The Morgan fingerprint density at radius 3 is 2.76 bits per heavy atom. The van der Waals surface area contributed by atoms with Gasteiger partial charge < -0.3 is 20.9 Å². The van der Waals surface area contributed by atoms with Crippen LogP contribution in [0.2, 0.25) is 5.02 Å². The maximum Gasteiger partial charge on any atom is 0.222 e. The summed E-state index contributed by atoms with van der Waals surface area (Å²) in [5, 5.41) is 10.4. The number of rotatable bonds is 7. The summed E-state index contributed by atoms with van der Waals surface area (Å²) in [6.07, 6.45) is 1.41. The zero-order chi connectivity index (χ0) is 20.5. The normalized spacial score (nSPS) is 16.6. The number of carbonyl (C=O) groups is 1. The second kappa shape index (κ2) is 10.7. The molecule has 1 unspecified atom stereocenters. The third kappa shape index (κ3) is 6.68. The minimum Gasteiger partial charge on any atom is -0.369 e. The lowest BCUT2D eigenvalue weighted by Gasteiger charge is -2.20. The molecule has 0 radical (unpaired) electrons. The van der Waals surface area contributed by atoms with E-state index in [1.807, 2.05) is 48.5 Å². The van der Waals surface area contributed by atoms with Crippen LogP contribution >= 0.6 is 11.6 Å². The van der Waals surface area contributed by atoms with E-state index in [2.05, 4.69) is 31.9 Å². The van der Waals surface area contributed by atoms with Crippen LogP contribution in [0.3, 0.4) is 0 Å².